The van der Waals surface area contributed by atoms with E-state index in [0.717, 1.165) is 49.2 Å². The van der Waals surface area contributed by atoms with Gasteiger partial charge in [-0.2, -0.15) is 0 Å². The van der Waals surface area contributed by atoms with Crippen molar-refractivity contribution in [1.29, 1.82) is 0 Å². The molecular weight excluding hydrogens is 679 g/mol. The van der Waals surface area contributed by atoms with Gasteiger partial charge in [-0.1, -0.05) is 30.7 Å². The second-order valence-electron chi connectivity index (χ2n) is 15.2. The first kappa shape index (κ1) is 33.7. The van der Waals surface area contributed by atoms with Crippen LogP contribution in [-0.4, -0.2) is 54.9 Å². The van der Waals surface area contributed by atoms with Crippen LogP contribution in [0.4, 0.5) is 10.1 Å². The summed E-state index contributed by atoms with van der Waals surface area (Å²) in [6.07, 6.45) is 10.8. The fourth-order valence-corrected chi connectivity index (χ4v) is 10.5. The number of anilines is 1. The molecule has 12 heteroatoms. The smallest absolute Gasteiger partial charge is 0.264 e. The van der Waals surface area contributed by atoms with Crippen LogP contribution in [0.25, 0.3) is 0 Å². The Hall–Kier alpha value is -3.41. The highest BCUT2D eigenvalue weighted by molar-refractivity contribution is 7.90. The Morgan fingerprint density at radius 1 is 1.20 bits per heavy atom. The molecule has 266 valence electrons. The number of carbonyl (C=O) groups is 1. The summed E-state index contributed by atoms with van der Waals surface area (Å²) in [5.41, 5.74) is 3.26. The standard InChI is InChI=1S/C38H44ClFN4O5S/c1-22-23(2)50(46,47)42-37(45)24-7-11-33-32(17-24)44(20-38(21-49-33)12-4-5-29-30(38)9-10-31(39)35(29)40)18-25-6-8-28(25)36(27-15-26(22)16-27)48-19-34-41-13-14-43(34)3/h7,9-11,13-15,17,22-23,25-26,28,36H,4-6,8,12,16,18-21H2,1-3H3,(H,42,45)/t22-,23-,25+,26+,28-,36+,38+/m1/s1. The molecule has 0 unspecified atom stereocenters. The number of nitrogens with zero attached hydrogens (tertiary/aromatic N) is 3. The van der Waals surface area contributed by atoms with Crippen molar-refractivity contribution < 1.29 is 27.1 Å². The highest BCUT2D eigenvalue weighted by atomic mass is 35.5. The zero-order chi connectivity index (χ0) is 34.9. The van der Waals surface area contributed by atoms with Gasteiger partial charge in [-0.25, -0.2) is 22.5 Å². The Morgan fingerprint density at radius 3 is 2.76 bits per heavy atom. The number of ether oxygens (including phenoxy) is 2. The molecule has 3 aromatic rings. The first-order valence-corrected chi connectivity index (χ1v) is 19.7. The number of fused-ring (bicyclic) bond motifs is 6. The molecule has 3 aliphatic carbocycles. The third kappa shape index (κ3) is 5.73. The van der Waals surface area contributed by atoms with Crippen molar-refractivity contribution in [1.82, 2.24) is 14.3 Å². The van der Waals surface area contributed by atoms with Gasteiger partial charge in [-0.3, -0.25) is 4.79 Å². The Morgan fingerprint density at radius 2 is 2.02 bits per heavy atom. The molecule has 2 aromatic carbocycles. The molecule has 1 amide bonds. The number of nitrogens with one attached hydrogen (secondary N) is 1. The van der Waals surface area contributed by atoms with Crippen molar-refractivity contribution in [2.45, 2.75) is 75.7 Å². The van der Waals surface area contributed by atoms with E-state index in [0.29, 0.717) is 44.0 Å². The first-order chi connectivity index (χ1) is 23.9. The lowest BCUT2D eigenvalue weighted by Gasteiger charge is -2.48. The molecule has 7 atom stereocenters. The van der Waals surface area contributed by atoms with E-state index in [1.165, 1.54) is 5.57 Å². The number of benzene rings is 2. The quantitative estimate of drug-likeness (QED) is 0.315. The van der Waals surface area contributed by atoms with E-state index >= 15 is 4.39 Å². The van der Waals surface area contributed by atoms with Gasteiger partial charge in [0.05, 0.1) is 28.7 Å². The summed E-state index contributed by atoms with van der Waals surface area (Å²) in [7, 11) is -2.02. The molecule has 1 saturated carbocycles. The molecule has 50 heavy (non-hydrogen) atoms. The van der Waals surface area contributed by atoms with Crippen LogP contribution >= 0.6 is 11.6 Å². The lowest BCUT2D eigenvalue weighted by molar-refractivity contribution is -0.0376. The number of aromatic nitrogens is 2. The van der Waals surface area contributed by atoms with E-state index in [1.807, 2.05) is 30.8 Å². The number of sulfonamides is 1. The summed E-state index contributed by atoms with van der Waals surface area (Å²) in [5.74, 6) is 0.847. The molecule has 1 aromatic heterocycles. The minimum absolute atomic E-state index is 0.0612. The second kappa shape index (κ2) is 12.7. The molecule has 3 aliphatic heterocycles. The number of hydrogen-bond donors (Lipinski definition) is 1. The number of carbonyl (C=O) groups excluding carboxylic acids is 1. The van der Waals surface area contributed by atoms with Crippen LogP contribution in [0.5, 0.6) is 5.75 Å². The average Bonchev–Trinajstić information content (AvgIpc) is 3.41. The first-order valence-electron chi connectivity index (χ1n) is 17.8. The highest BCUT2D eigenvalue weighted by Gasteiger charge is 2.47. The average molecular weight is 723 g/mol. The van der Waals surface area contributed by atoms with Crippen LogP contribution < -0.4 is 14.4 Å². The van der Waals surface area contributed by atoms with Crippen molar-refractivity contribution in [3.05, 3.63) is 87.7 Å². The van der Waals surface area contributed by atoms with Gasteiger partial charge in [-0.15, -0.1) is 0 Å². The maximum atomic E-state index is 15.5. The van der Waals surface area contributed by atoms with Gasteiger partial charge in [0.15, 0.2) is 0 Å². The van der Waals surface area contributed by atoms with Gasteiger partial charge in [-0.05, 0) is 110 Å². The number of rotatable bonds is 3. The monoisotopic (exact) mass is 722 g/mol. The van der Waals surface area contributed by atoms with E-state index in [9.17, 15) is 13.2 Å². The topological polar surface area (TPSA) is 103 Å². The van der Waals surface area contributed by atoms with Crippen molar-refractivity contribution in [2.75, 3.05) is 24.6 Å². The molecule has 6 aliphatic rings. The predicted molar refractivity (Wildman–Crippen MR) is 189 cm³/mol. The van der Waals surface area contributed by atoms with Crippen molar-refractivity contribution >= 4 is 33.2 Å². The normalized spacial score (nSPS) is 31.6. The van der Waals surface area contributed by atoms with Gasteiger partial charge in [0.1, 0.15) is 24.0 Å². The Balaban J connectivity index is 1.20. The van der Waals surface area contributed by atoms with E-state index < -0.39 is 26.6 Å². The van der Waals surface area contributed by atoms with E-state index in [4.69, 9.17) is 21.1 Å². The maximum absolute atomic E-state index is 15.5. The molecule has 9 nitrogen and oxygen atoms in total. The van der Waals surface area contributed by atoms with Crippen LogP contribution in [-0.2, 0) is 40.3 Å². The summed E-state index contributed by atoms with van der Waals surface area (Å²) in [6.45, 7) is 5.59. The molecule has 4 heterocycles. The zero-order valence-corrected chi connectivity index (χ0v) is 30.3. The Kier molecular flexibility index (Phi) is 8.54. The fraction of sp³-hybridized carbons (Fsp3) is 0.526. The second-order valence-corrected chi connectivity index (χ2v) is 17.7. The summed E-state index contributed by atoms with van der Waals surface area (Å²) in [5, 5.41) is -0.661. The molecular formula is C38H44ClFN4O5S. The van der Waals surface area contributed by atoms with Crippen LogP contribution in [0.2, 0.25) is 5.02 Å². The number of halogens is 2. The largest absolute Gasteiger partial charge is 0.490 e. The zero-order valence-electron chi connectivity index (χ0n) is 28.7. The van der Waals surface area contributed by atoms with Crippen molar-refractivity contribution in [3.8, 4) is 5.75 Å². The summed E-state index contributed by atoms with van der Waals surface area (Å²) >= 11 is 6.26. The third-order valence-electron chi connectivity index (χ3n) is 12.4. The summed E-state index contributed by atoms with van der Waals surface area (Å²) < 4.78 is 60.3. The van der Waals surface area contributed by atoms with E-state index in [-0.39, 0.29) is 46.2 Å². The lowest BCUT2D eigenvalue weighted by Crippen LogP contribution is -2.51. The van der Waals surface area contributed by atoms with Crippen LogP contribution in [0.15, 0.2) is 54.4 Å². The SMILES string of the molecule is C[C@@H]1[C@@H](C)S(=O)(=O)NC(=O)c2ccc3c(c2)N(C[C@@H]2CC[C@H]2[C@@H](OCc2nccn2C)C2=C[C@H]1C2)C[C@@]1(CCCc2c1ccc(Cl)c2F)CO3. The predicted octanol–water partition coefficient (Wildman–Crippen LogP) is 6.34. The maximum Gasteiger partial charge on any atom is 0.264 e. The third-order valence-corrected chi connectivity index (χ3v) is 14.6. The van der Waals surface area contributed by atoms with Crippen LogP contribution in [0.1, 0.15) is 73.3 Å². The molecule has 1 N–H and O–H groups in total. The molecule has 1 fully saturated rings. The molecule has 0 saturated heterocycles. The summed E-state index contributed by atoms with van der Waals surface area (Å²) in [4.78, 5) is 20.4. The number of aryl methyl sites for hydroxylation is 1. The summed E-state index contributed by atoms with van der Waals surface area (Å²) in [6, 6.07) is 8.75. The minimum atomic E-state index is -3.98. The van der Waals surface area contributed by atoms with Gasteiger partial charge in [0.25, 0.3) is 5.91 Å². The molecule has 4 bridgehead atoms. The number of hydrogen-bond acceptors (Lipinski definition) is 7. The van der Waals surface area contributed by atoms with Crippen LogP contribution in [0, 0.1) is 29.5 Å². The number of amides is 1. The van der Waals surface area contributed by atoms with Crippen molar-refractivity contribution in [2.24, 2.45) is 30.7 Å². The number of allylic oxidation sites excluding steroid dienone is 1. The molecule has 9 rings (SSSR count). The van der Waals surface area contributed by atoms with Gasteiger partial charge in [0, 0.05) is 43.5 Å². The highest BCUT2D eigenvalue weighted by Crippen LogP contribution is 2.50. The van der Waals surface area contributed by atoms with Gasteiger partial charge in [0.2, 0.25) is 10.0 Å². The molecule has 1 spiro atoms. The molecule has 0 radical (unpaired) electrons. The van der Waals surface area contributed by atoms with Crippen molar-refractivity contribution in [3.63, 3.8) is 0 Å². The van der Waals surface area contributed by atoms with Gasteiger partial charge < -0.3 is 18.9 Å². The fourth-order valence-electron chi connectivity index (χ4n) is 8.97. The lowest BCUT2D eigenvalue weighted by atomic mass is 9.64. The van der Waals surface area contributed by atoms with E-state index in [2.05, 4.69) is 20.7 Å². The number of imidazole rings is 1. The Bertz CT molecular complexity index is 1980. The Labute approximate surface area is 298 Å². The van der Waals surface area contributed by atoms with Crippen LogP contribution in [0.3, 0.4) is 0 Å². The van der Waals surface area contributed by atoms with E-state index in [1.54, 1.807) is 37.4 Å². The van der Waals surface area contributed by atoms with Gasteiger partial charge >= 0.3 is 0 Å². The minimum Gasteiger partial charge on any atom is -0.490 e.